The number of hydrogen-bond donors (Lipinski definition) is 0. The van der Waals surface area contributed by atoms with Crippen molar-refractivity contribution in [2.75, 3.05) is 25.0 Å². The van der Waals surface area contributed by atoms with E-state index in [-0.39, 0.29) is 23.9 Å². The molecule has 0 saturated carbocycles. The molecule has 1 saturated heterocycles. The Bertz CT molecular complexity index is 753. The number of carbonyl (C=O) groups excluding carboxylic acids is 2. The van der Waals surface area contributed by atoms with E-state index in [4.69, 9.17) is 14.2 Å². The Hall–Kier alpha value is -1.76. The van der Waals surface area contributed by atoms with Crippen molar-refractivity contribution >= 4 is 28.0 Å². The highest BCUT2D eigenvalue weighted by molar-refractivity contribution is 9.09. The summed E-state index contributed by atoms with van der Waals surface area (Å²) < 4.78 is 17.0. The highest BCUT2D eigenvalue weighted by atomic mass is 79.9. The van der Waals surface area contributed by atoms with Crippen LogP contribution >= 0.6 is 15.9 Å². The van der Waals surface area contributed by atoms with Crippen LogP contribution < -0.4 is 4.74 Å². The average Bonchev–Trinajstić information content (AvgIpc) is 3.12. The molecule has 6 nitrogen and oxygen atoms in total. The second-order valence-corrected chi connectivity index (χ2v) is 10.8. The van der Waals surface area contributed by atoms with E-state index in [1.807, 2.05) is 65.8 Å². The summed E-state index contributed by atoms with van der Waals surface area (Å²) >= 11 is 3.36. The van der Waals surface area contributed by atoms with Crippen LogP contribution in [0.1, 0.15) is 53.5 Å². The minimum atomic E-state index is -0.570. The molecule has 1 fully saturated rings. The number of hydrogen-bond acceptors (Lipinski definition) is 5. The van der Waals surface area contributed by atoms with Crippen molar-refractivity contribution < 1.29 is 23.8 Å². The molecule has 0 aromatic heterocycles. The van der Waals surface area contributed by atoms with Crippen molar-refractivity contribution in [1.82, 2.24) is 4.90 Å². The number of carbonyl (C=O) groups is 2. The molecule has 0 N–H and O–H groups in total. The Balaban J connectivity index is 2.16. The van der Waals surface area contributed by atoms with E-state index in [0.717, 1.165) is 23.1 Å². The second-order valence-electron chi connectivity index (χ2n) is 10.0. The van der Waals surface area contributed by atoms with Gasteiger partial charge in [0.15, 0.2) is 0 Å². The number of likely N-dealkylation sites (tertiary alicyclic amines) is 1. The van der Waals surface area contributed by atoms with Gasteiger partial charge in [0.05, 0.1) is 12.5 Å². The van der Waals surface area contributed by atoms with Gasteiger partial charge in [0.2, 0.25) is 0 Å². The summed E-state index contributed by atoms with van der Waals surface area (Å²) in [5, 5.41) is 0.750. The molecule has 1 aromatic rings. The molecule has 0 spiro atoms. The van der Waals surface area contributed by atoms with Crippen LogP contribution in [0.25, 0.3) is 0 Å². The van der Waals surface area contributed by atoms with Crippen molar-refractivity contribution in [2.45, 2.75) is 65.6 Å². The first kappa shape index (κ1) is 25.5. The molecule has 0 unspecified atom stereocenters. The van der Waals surface area contributed by atoms with Crippen LogP contribution in [0, 0.1) is 11.8 Å². The largest absolute Gasteiger partial charge is 0.493 e. The Kier molecular flexibility index (Phi) is 8.81. The Morgan fingerprint density at radius 2 is 1.81 bits per heavy atom. The van der Waals surface area contributed by atoms with Gasteiger partial charge in [-0.05, 0) is 78.0 Å². The maximum atomic E-state index is 13.1. The summed E-state index contributed by atoms with van der Waals surface area (Å²) in [6.45, 7) is 12.8. The number of ether oxygens (including phenoxy) is 3. The summed E-state index contributed by atoms with van der Waals surface area (Å²) in [4.78, 5) is 27.3. The molecular formula is C24H36BrNO5. The normalized spacial score (nSPS) is 17.9. The van der Waals surface area contributed by atoms with Gasteiger partial charge >= 0.3 is 12.1 Å². The lowest BCUT2D eigenvalue weighted by atomic mass is 9.86. The van der Waals surface area contributed by atoms with Crippen molar-refractivity contribution in [1.29, 1.82) is 0 Å². The monoisotopic (exact) mass is 497 g/mol. The highest BCUT2D eigenvalue weighted by Crippen LogP contribution is 2.31. The number of nitrogens with zero attached hydrogens (tertiary/aromatic N) is 1. The van der Waals surface area contributed by atoms with Crippen LogP contribution in [0.15, 0.2) is 24.3 Å². The minimum absolute atomic E-state index is 0.00878. The first-order valence-electron chi connectivity index (χ1n) is 10.9. The lowest BCUT2D eigenvalue weighted by Crippen LogP contribution is -2.38. The molecule has 1 aliphatic heterocycles. The quantitative estimate of drug-likeness (QED) is 0.381. The third kappa shape index (κ3) is 8.71. The molecule has 2 atom stereocenters. The number of amides is 1. The predicted octanol–water partition coefficient (Wildman–Crippen LogP) is 5.22. The Morgan fingerprint density at radius 1 is 1.13 bits per heavy atom. The number of esters is 1. The fourth-order valence-electron chi connectivity index (χ4n) is 3.60. The molecule has 174 valence electrons. The summed E-state index contributed by atoms with van der Waals surface area (Å²) in [5.41, 5.74) is -0.104. The van der Waals surface area contributed by atoms with Crippen LogP contribution in [-0.4, -0.2) is 53.2 Å². The summed E-state index contributed by atoms with van der Waals surface area (Å²) in [6, 6.07) is 7.82. The van der Waals surface area contributed by atoms with E-state index in [1.54, 1.807) is 4.90 Å². The topological polar surface area (TPSA) is 65.1 Å². The van der Waals surface area contributed by atoms with Gasteiger partial charge in [-0.1, -0.05) is 28.1 Å². The van der Waals surface area contributed by atoms with Crippen LogP contribution in [-0.2, 0) is 20.7 Å². The number of rotatable bonds is 7. The van der Waals surface area contributed by atoms with Crippen LogP contribution in [0.3, 0.4) is 0 Å². The number of alkyl halides is 1. The molecule has 1 aromatic carbocycles. The number of benzene rings is 1. The van der Waals surface area contributed by atoms with Gasteiger partial charge in [0.25, 0.3) is 0 Å². The predicted molar refractivity (Wildman–Crippen MR) is 125 cm³/mol. The van der Waals surface area contributed by atoms with E-state index >= 15 is 0 Å². The molecule has 2 rings (SSSR count). The zero-order valence-electron chi connectivity index (χ0n) is 19.6. The standard InChI is InChI=1S/C24H36BrNO5/c1-23(2,3)30-21(27)20(15-17-8-7-9-19(14-17)29-13-11-25)18-10-12-26(16-18)22(28)31-24(4,5)6/h7-9,14,18,20H,10-13,15-16H2,1-6H3/t18-,20-/m0/s1. The lowest BCUT2D eigenvalue weighted by molar-refractivity contribution is -0.161. The maximum absolute atomic E-state index is 13.1. The van der Waals surface area contributed by atoms with Gasteiger partial charge in [-0.2, -0.15) is 0 Å². The van der Waals surface area contributed by atoms with E-state index in [1.165, 1.54) is 0 Å². The van der Waals surface area contributed by atoms with Gasteiger partial charge in [0.1, 0.15) is 17.0 Å². The lowest BCUT2D eigenvalue weighted by Gasteiger charge is -2.28. The molecular weight excluding hydrogens is 462 g/mol. The first-order valence-corrected chi connectivity index (χ1v) is 12.0. The van der Waals surface area contributed by atoms with Crippen LogP contribution in [0.4, 0.5) is 4.79 Å². The van der Waals surface area contributed by atoms with E-state index in [0.29, 0.717) is 26.1 Å². The molecule has 0 radical (unpaired) electrons. The molecule has 1 heterocycles. The SMILES string of the molecule is CC(C)(C)OC(=O)[C@@H](Cc1cccc(OCCBr)c1)[C@H]1CCN(C(=O)OC(C)(C)C)C1. The zero-order valence-corrected chi connectivity index (χ0v) is 21.2. The van der Waals surface area contributed by atoms with Crippen molar-refractivity contribution in [3.63, 3.8) is 0 Å². The van der Waals surface area contributed by atoms with Gasteiger partial charge < -0.3 is 19.1 Å². The average molecular weight is 498 g/mol. The van der Waals surface area contributed by atoms with E-state index in [9.17, 15) is 9.59 Å². The Morgan fingerprint density at radius 3 is 2.42 bits per heavy atom. The van der Waals surface area contributed by atoms with Gasteiger partial charge in [-0.25, -0.2) is 4.79 Å². The van der Waals surface area contributed by atoms with Gasteiger partial charge in [0, 0.05) is 18.4 Å². The smallest absolute Gasteiger partial charge is 0.410 e. The summed E-state index contributed by atoms with van der Waals surface area (Å²) in [5.74, 6) is 0.213. The molecule has 7 heteroatoms. The van der Waals surface area contributed by atoms with Crippen LogP contribution in [0.2, 0.25) is 0 Å². The van der Waals surface area contributed by atoms with Gasteiger partial charge in [-0.15, -0.1) is 0 Å². The zero-order chi connectivity index (χ0) is 23.2. The summed E-state index contributed by atoms with van der Waals surface area (Å²) in [7, 11) is 0. The van der Waals surface area contributed by atoms with Crippen molar-refractivity contribution in [3.8, 4) is 5.75 Å². The third-order valence-corrected chi connectivity index (χ3v) is 5.18. The van der Waals surface area contributed by atoms with E-state index < -0.39 is 11.2 Å². The second kappa shape index (κ2) is 10.7. The Labute approximate surface area is 194 Å². The van der Waals surface area contributed by atoms with Crippen molar-refractivity contribution in [2.24, 2.45) is 11.8 Å². The van der Waals surface area contributed by atoms with Crippen molar-refractivity contribution in [3.05, 3.63) is 29.8 Å². The molecule has 31 heavy (non-hydrogen) atoms. The van der Waals surface area contributed by atoms with Gasteiger partial charge in [-0.3, -0.25) is 4.79 Å². The molecule has 1 aliphatic rings. The number of halogens is 1. The van der Waals surface area contributed by atoms with E-state index in [2.05, 4.69) is 15.9 Å². The molecule has 1 amide bonds. The summed E-state index contributed by atoms with van der Waals surface area (Å²) in [6.07, 6.45) is 0.944. The fraction of sp³-hybridized carbons (Fsp3) is 0.667. The highest BCUT2D eigenvalue weighted by Gasteiger charge is 2.39. The van der Waals surface area contributed by atoms with Crippen LogP contribution in [0.5, 0.6) is 5.75 Å². The minimum Gasteiger partial charge on any atom is -0.493 e. The molecule has 0 bridgehead atoms. The third-order valence-electron chi connectivity index (χ3n) is 4.85. The fourth-order valence-corrected chi connectivity index (χ4v) is 3.76. The maximum Gasteiger partial charge on any atom is 0.410 e. The first-order chi connectivity index (χ1) is 14.4. The molecule has 0 aliphatic carbocycles.